The van der Waals surface area contributed by atoms with Gasteiger partial charge in [-0.05, 0) is 24.1 Å². The number of aryl methyl sites for hydroxylation is 1. The van der Waals surface area contributed by atoms with Crippen molar-refractivity contribution in [2.24, 2.45) is 11.7 Å². The zero-order valence-corrected chi connectivity index (χ0v) is 11.6. The topological polar surface area (TPSA) is 114 Å². The number of carbonyl (C=O) groups is 1. The third kappa shape index (κ3) is 2.81. The zero-order chi connectivity index (χ0) is 15.6. The van der Waals surface area contributed by atoms with E-state index in [0.29, 0.717) is 28.5 Å². The molecule has 6 nitrogen and oxygen atoms in total. The molecule has 2 aromatic rings. The third-order valence-electron chi connectivity index (χ3n) is 3.54. The fourth-order valence-corrected chi connectivity index (χ4v) is 2.21. The number of carboxylic acids is 1. The second-order valence-electron chi connectivity index (χ2n) is 4.82. The molecule has 0 aliphatic rings. The van der Waals surface area contributed by atoms with Crippen molar-refractivity contribution < 1.29 is 19.4 Å². The molecule has 6 heteroatoms. The number of aliphatic carboxylic acids is 1. The molecule has 0 saturated carbocycles. The van der Waals surface area contributed by atoms with E-state index in [2.05, 4.69) is 0 Å². The number of nitrogens with two attached hydrogens (primary N) is 1. The van der Waals surface area contributed by atoms with E-state index in [0.717, 1.165) is 0 Å². The van der Waals surface area contributed by atoms with Crippen molar-refractivity contribution in [2.75, 3.05) is 6.54 Å². The van der Waals surface area contributed by atoms with Crippen LogP contribution in [-0.2, 0) is 11.2 Å². The number of carboxylic acid groups (broad SMARTS) is 1. The van der Waals surface area contributed by atoms with Gasteiger partial charge in [-0.1, -0.05) is 13.0 Å². The molecule has 21 heavy (non-hydrogen) atoms. The lowest BCUT2D eigenvalue weighted by atomic mass is 9.94. The Morgan fingerprint density at radius 3 is 2.71 bits per heavy atom. The Morgan fingerprint density at radius 2 is 2.14 bits per heavy atom. The van der Waals surface area contributed by atoms with E-state index in [1.54, 1.807) is 6.07 Å². The van der Waals surface area contributed by atoms with Gasteiger partial charge < -0.3 is 20.4 Å². The Kier molecular flexibility index (Phi) is 4.40. The summed E-state index contributed by atoms with van der Waals surface area (Å²) in [5, 5.41) is 19.5. The Labute approximate surface area is 120 Å². The predicted octanol–water partition coefficient (Wildman–Crippen LogP) is 1.05. The van der Waals surface area contributed by atoms with Crippen LogP contribution in [0.15, 0.2) is 33.7 Å². The van der Waals surface area contributed by atoms with E-state index in [-0.39, 0.29) is 12.0 Å². The monoisotopic (exact) mass is 291 g/mol. The van der Waals surface area contributed by atoms with Crippen LogP contribution in [0.1, 0.15) is 24.2 Å². The molecular formula is C15H17NO5. The number of hydrogen-bond acceptors (Lipinski definition) is 5. The average Bonchev–Trinajstić information content (AvgIpc) is 2.47. The van der Waals surface area contributed by atoms with E-state index in [1.165, 1.54) is 18.4 Å². The summed E-state index contributed by atoms with van der Waals surface area (Å²) in [6, 6.07) is 4.55. The van der Waals surface area contributed by atoms with Crippen LogP contribution in [0, 0.1) is 5.92 Å². The molecule has 0 radical (unpaired) electrons. The zero-order valence-electron chi connectivity index (χ0n) is 11.6. The Bertz CT molecular complexity index is 722. The minimum absolute atomic E-state index is 0.174. The molecule has 0 spiro atoms. The minimum atomic E-state index is -1.28. The molecule has 4 N–H and O–H groups in total. The number of fused-ring (bicyclic) bond motifs is 1. The van der Waals surface area contributed by atoms with Crippen molar-refractivity contribution in [1.29, 1.82) is 0 Å². The Hall–Kier alpha value is -2.18. The van der Waals surface area contributed by atoms with Gasteiger partial charge in [0.15, 0.2) is 5.43 Å². The van der Waals surface area contributed by atoms with Gasteiger partial charge in [0.25, 0.3) is 0 Å². The predicted molar refractivity (Wildman–Crippen MR) is 77.0 cm³/mol. The highest BCUT2D eigenvalue weighted by Crippen LogP contribution is 2.24. The first-order valence-corrected chi connectivity index (χ1v) is 6.64. The van der Waals surface area contributed by atoms with Gasteiger partial charge in [0.1, 0.15) is 5.58 Å². The molecule has 1 aromatic carbocycles. The van der Waals surface area contributed by atoms with E-state index >= 15 is 0 Å². The largest absolute Gasteiger partial charge is 0.481 e. The van der Waals surface area contributed by atoms with Gasteiger partial charge in [-0.3, -0.25) is 9.59 Å². The number of aliphatic hydroxyl groups is 1. The first-order valence-electron chi connectivity index (χ1n) is 6.64. The van der Waals surface area contributed by atoms with Crippen molar-refractivity contribution in [3.05, 3.63) is 45.8 Å². The maximum atomic E-state index is 12.2. The van der Waals surface area contributed by atoms with Crippen LogP contribution in [-0.4, -0.2) is 22.7 Å². The number of rotatable bonds is 5. The molecule has 0 bridgehead atoms. The van der Waals surface area contributed by atoms with E-state index in [1.807, 2.05) is 6.92 Å². The quantitative estimate of drug-likeness (QED) is 0.758. The molecule has 2 rings (SSSR count). The van der Waals surface area contributed by atoms with Gasteiger partial charge in [-0.2, -0.15) is 0 Å². The third-order valence-corrected chi connectivity index (χ3v) is 3.54. The van der Waals surface area contributed by atoms with Crippen LogP contribution in [0.25, 0.3) is 11.0 Å². The van der Waals surface area contributed by atoms with Crippen molar-refractivity contribution in [1.82, 2.24) is 0 Å². The summed E-state index contributed by atoms with van der Waals surface area (Å²) in [4.78, 5) is 23.3. The molecule has 0 amide bonds. The van der Waals surface area contributed by atoms with Crippen molar-refractivity contribution in [3.8, 4) is 0 Å². The summed E-state index contributed by atoms with van der Waals surface area (Å²) < 4.78 is 5.36. The average molecular weight is 291 g/mol. The fraction of sp³-hybridized carbons (Fsp3) is 0.333. The number of hydrogen-bond donors (Lipinski definition) is 3. The molecule has 1 heterocycles. The van der Waals surface area contributed by atoms with Gasteiger partial charge in [-0.15, -0.1) is 0 Å². The molecule has 0 aliphatic heterocycles. The second kappa shape index (κ2) is 6.07. The van der Waals surface area contributed by atoms with Crippen LogP contribution >= 0.6 is 0 Å². The van der Waals surface area contributed by atoms with Crippen LogP contribution in [0.3, 0.4) is 0 Å². The highest BCUT2D eigenvalue weighted by molar-refractivity contribution is 5.78. The summed E-state index contributed by atoms with van der Waals surface area (Å²) in [7, 11) is 0. The van der Waals surface area contributed by atoms with E-state index in [9.17, 15) is 14.7 Å². The summed E-state index contributed by atoms with van der Waals surface area (Å²) >= 11 is 0. The highest BCUT2D eigenvalue weighted by atomic mass is 16.4. The van der Waals surface area contributed by atoms with Crippen LogP contribution < -0.4 is 11.2 Å². The van der Waals surface area contributed by atoms with E-state index < -0.39 is 18.0 Å². The van der Waals surface area contributed by atoms with Gasteiger partial charge in [0.05, 0.1) is 23.7 Å². The Morgan fingerprint density at radius 1 is 1.43 bits per heavy atom. The van der Waals surface area contributed by atoms with Gasteiger partial charge >= 0.3 is 5.97 Å². The first kappa shape index (κ1) is 15.2. The lowest BCUT2D eigenvalue weighted by molar-refractivity contribution is -0.145. The number of aliphatic hydroxyl groups excluding tert-OH is 1. The van der Waals surface area contributed by atoms with Crippen LogP contribution in [0.4, 0.5) is 0 Å². The van der Waals surface area contributed by atoms with Gasteiger partial charge in [0, 0.05) is 12.1 Å². The maximum absolute atomic E-state index is 12.2. The lowest BCUT2D eigenvalue weighted by Crippen LogP contribution is -2.29. The molecule has 1 aromatic heterocycles. The van der Waals surface area contributed by atoms with Crippen LogP contribution in [0.5, 0.6) is 0 Å². The smallest absolute Gasteiger partial charge is 0.310 e. The SMILES string of the molecule is CCc1coc2ccc(C(O)C(CN)C(=O)O)cc2c1=O. The summed E-state index contributed by atoms with van der Waals surface area (Å²) in [5.74, 6) is -2.30. The van der Waals surface area contributed by atoms with Crippen LogP contribution in [0.2, 0.25) is 0 Å². The molecule has 0 saturated heterocycles. The fourth-order valence-electron chi connectivity index (χ4n) is 2.21. The molecule has 0 fully saturated rings. The normalized spacial score (nSPS) is 14.0. The van der Waals surface area contributed by atoms with Crippen molar-refractivity contribution in [2.45, 2.75) is 19.4 Å². The van der Waals surface area contributed by atoms with Gasteiger partial charge in [-0.25, -0.2) is 0 Å². The molecule has 2 atom stereocenters. The molecular weight excluding hydrogens is 274 g/mol. The summed E-state index contributed by atoms with van der Waals surface area (Å²) in [5.41, 5.74) is 6.47. The van der Waals surface area contributed by atoms with Gasteiger partial charge in [0.2, 0.25) is 0 Å². The maximum Gasteiger partial charge on any atom is 0.310 e. The lowest BCUT2D eigenvalue weighted by Gasteiger charge is -2.18. The first-order chi connectivity index (χ1) is 9.99. The van der Waals surface area contributed by atoms with Crippen molar-refractivity contribution >= 4 is 16.9 Å². The molecule has 0 aliphatic carbocycles. The summed E-state index contributed by atoms with van der Waals surface area (Å²) in [6.45, 7) is 1.64. The summed E-state index contributed by atoms with van der Waals surface area (Å²) in [6.07, 6.45) is 0.674. The highest BCUT2D eigenvalue weighted by Gasteiger charge is 2.26. The second-order valence-corrected chi connectivity index (χ2v) is 4.82. The van der Waals surface area contributed by atoms with Crippen molar-refractivity contribution in [3.63, 3.8) is 0 Å². The van der Waals surface area contributed by atoms with E-state index in [4.69, 9.17) is 15.3 Å². The number of benzene rings is 1. The molecule has 112 valence electrons. The molecule has 2 unspecified atom stereocenters. The standard InChI is InChI=1S/C15H17NO5/c1-2-8-7-21-12-4-3-9(5-10(12)13(8)17)14(18)11(6-16)15(19)20/h3-5,7,11,14,18H,2,6,16H2,1H3,(H,19,20). The minimum Gasteiger partial charge on any atom is -0.481 e. The Balaban J connectivity index is 2.54.